The molecule has 2 N–H and O–H groups in total. The van der Waals surface area contributed by atoms with Gasteiger partial charge in [-0.2, -0.15) is 12.7 Å². The number of hydrogen-bond donors (Lipinski definition) is 2. The molecule has 0 spiro atoms. The molecule has 0 unspecified atom stereocenters. The fourth-order valence-corrected chi connectivity index (χ4v) is 3.10. The Morgan fingerprint density at radius 3 is 2.77 bits per heavy atom. The Balaban J connectivity index is 1.94. The van der Waals surface area contributed by atoms with E-state index in [-0.39, 0.29) is 0 Å². The van der Waals surface area contributed by atoms with Gasteiger partial charge >= 0.3 is 0 Å². The zero-order valence-electron chi connectivity index (χ0n) is 7.49. The van der Waals surface area contributed by atoms with Crippen molar-refractivity contribution in [3.8, 4) is 0 Å². The maximum Gasteiger partial charge on any atom is 0.279 e. The molecule has 1 atom stereocenters. The number of nitrogens with zero attached hydrogens (tertiary/aromatic N) is 1. The summed E-state index contributed by atoms with van der Waals surface area (Å²) in [7, 11) is -3.13. The van der Waals surface area contributed by atoms with Gasteiger partial charge in [-0.1, -0.05) is 0 Å². The van der Waals surface area contributed by atoms with Gasteiger partial charge in [-0.3, -0.25) is 0 Å². The van der Waals surface area contributed by atoms with E-state index in [0.29, 0.717) is 25.7 Å². The molecule has 0 amide bonds. The fourth-order valence-electron chi connectivity index (χ4n) is 1.86. The first-order chi connectivity index (χ1) is 6.18. The topological polar surface area (TPSA) is 61.4 Å². The third-order valence-electron chi connectivity index (χ3n) is 2.57. The lowest BCUT2D eigenvalue weighted by Crippen LogP contribution is -2.39. The number of nitrogens with one attached hydrogen (secondary N) is 2. The van der Waals surface area contributed by atoms with Gasteiger partial charge in [-0.05, 0) is 19.4 Å². The van der Waals surface area contributed by atoms with Crippen molar-refractivity contribution in [1.82, 2.24) is 14.3 Å². The molecule has 13 heavy (non-hydrogen) atoms. The van der Waals surface area contributed by atoms with Gasteiger partial charge in [0.15, 0.2) is 0 Å². The van der Waals surface area contributed by atoms with Gasteiger partial charge in [0.05, 0.1) is 0 Å². The van der Waals surface area contributed by atoms with Crippen LogP contribution in [0.1, 0.15) is 12.8 Å². The summed E-state index contributed by atoms with van der Waals surface area (Å²) in [6.07, 6.45) is 2.25. The lowest BCUT2D eigenvalue weighted by Gasteiger charge is -2.17. The van der Waals surface area contributed by atoms with Crippen LogP contribution in [0.15, 0.2) is 0 Å². The lowest BCUT2D eigenvalue weighted by atomic mass is 10.2. The SMILES string of the molecule is O=S1(=O)NCCN1C[C@H]1CCCN1. The first kappa shape index (κ1) is 9.39. The van der Waals surface area contributed by atoms with E-state index in [4.69, 9.17) is 0 Å². The van der Waals surface area contributed by atoms with E-state index in [0.717, 1.165) is 19.4 Å². The Kier molecular flexibility index (Phi) is 2.55. The molecule has 0 aromatic carbocycles. The van der Waals surface area contributed by atoms with Gasteiger partial charge in [-0.15, -0.1) is 0 Å². The van der Waals surface area contributed by atoms with Crippen LogP contribution in [0, 0.1) is 0 Å². The van der Waals surface area contributed by atoms with Gasteiger partial charge < -0.3 is 5.32 Å². The summed E-state index contributed by atoms with van der Waals surface area (Å²) >= 11 is 0. The highest BCUT2D eigenvalue weighted by atomic mass is 32.2. The molecule has 0 saturated carbocycles. The molecule has 2 saturated heterocycles. The average molecular weight is 205 g/mol. The second kappa shape index (κ2) is 3.53. The molecule has 0 aromatic heterocycles. The number of rotatable bonds is 2. The quantitative estimate of drug-likeness (QED) is 0.601. The second-order valence-corrected chi connectivity index (χ2v) is 5.31. The summed E-state index contributed by atoms with van der Waals surface area (Å²) in [4.78, 5) is 0. The molecular formula is C7H15N3O2S. The van der Waals surface area contributed by atoms with Crippen LogP contribution in [0.5, 0.6) is 0 Å². The highest BCUT2D eigenvalue weighted by Gasteiger charge is 2.30. The third-order valence-corrected chi connectivity index (χ3v) is 4.15. The predicted molar refractivity (Wildman–Crippen MR) is 49.5 cm³/mol. The van der Waals surface area contributed by atoms with Crippen LogP contribution in [0.2, 0.25) is 0 Å². The van der Waals surface area contributed by atoms with Crippen LogP contribution in [-0.4, -0.2) is 44.9 Å². The lowest BCUT2D eigenvalue weighted by molar-refractivity contribution is 0.398. The van der Waals surface area contributed by atoms with E-state index >= 15 is 0 Å². The van der Waals surface area contributed by atoms with Gasteiger partial charge in [0.1, 0.15) is 0 Å². The van der Waals surface area contributed by atoms with Crippen LogP contribution in [0.3, 0.4) is 0 Å². The molecular weight excluding hydrogens is 190 g/mol. The first-order valence-corrected chi connectivity index (χ1v) is 6.10. The molecule has 2 aliphatic rings. The van der Waals surface area contributed by atoms with Crippen LogP contribution in [0.4, 0.5) is 0 Å². The minimum Gasteiger partial charge on any atom is -0.313 e. The van der Waals surface area contributed by atoms with Crippen molar-refractivity contribution in [2.75, 3.05) is 26.2 Å². The fraction of sp³-hybridized carbons (Fsp3) is 1.00. The Morgan fingerprint density at radius 2 is 2.23 bits per heavy atom. The first-order valence-electron chi connectivity index (χ1n) is 4.66. The highest BCUT2D eigenvalue weighted by Crippen LogP contribution is 2.11. The van der Waals surface area contributed by atoms with Crippen LogP contribution < -0.4 is 10.0 Å². The maximum absolute atomic E-state index is 11.3. The highest BCUT2D eigenvalue weighted by molar-refractivity contribution is 7.87. The van der Waals surface area contributed by atoms with Crippen LogP contribution in [0.25, 0.3) is 0 Å². The summed E-state index contributed by atoms with van der Waals surface area (Å²) in [5.74, 6) is 0. The minimum absolute atomic E-state index is 0.356. The predicted octanol–water partition coefficient (Wildman–Crippen LogP) is -1.11. The molecule has 2 aliphatic heterocycles. The van der Waals surface area contributed by atoms with Crippen molar-refractivity contribution < 1.29 is 8.42 Å². The van der Waals surface area contributed by atoms with Crippen molar-refractivity contribution in [3.63, 3.8) is 0 Å². The molecule has 5 nitrogen and oxygen atoms in total. The zero-order chi connectivity index (χ0) is 9.31. The van der Waals surface area contributed by atoms with Crippen molar-refractivity contribution >= 4 is 10.2 Å². The maximum atomic E-state index is 11.3. The van der Waals surface area contributed by atoms with E-state index in [1.165, 1.54) is 4.31 Å². The van der Waals surface area contributed by atoms with Crippen LogP contribution in [-0.2, 0) is 10.2 Å². The average Bonchev–Trinajstić information content (AvgIpc) is 2.63. The molecule has 0 aromatic rings. The van der Waals surface area contributed by atoms with Gasteiger partial charge in [0, 0.05) is 25.7 Å². The largest absolute Gasteiger partial charge is 0.313 e. The third kappa shape index (κ3) is 2.01. The number of hydrogen-bond acceptors (Lipinski definition) is 3. The van der Waals surface area contributed by atoms with Gasteiger partial charge in [0.2, 0.25) is 0 Å². The molecule has 2 heterocycles. The minimum atomic E-state index is -3.13. The van der Waals surface area contributed by atoms with E-state index in [1.807, 2.05) is 0 Å². The Labute approximate surface area is 78.7 Å². The second-order valence-electron chi connectivity index (χ2n) is 3.55. The molecule has 6 heteroatoms. The van der Waals surface area contributed by atoms with E-state index < -0.39 is 10.2 Å². The summed E-state index contributed by atoms with van der Waals surface area (Å²) < 4.78 is 26.7. The molecule has 2 fully saturated rings. The Morgan fingerprint density at radius 1 is 1.38 bits per heavy atom. The normalized spacial score (nSPS) is 34.0. The zero-order valence-corrected chi connectivity index (χ0v) is 8.31. The van der Waals surface area contributed by atoms with Crippen molar-refractivity contribution in [1.29, 1.82) is 0 Å². The van der Waals surface area contributed by atoms with E-state index in [2.05, 4.69) is 10.0 Å². The van der Waals surface area contributed by atoms with Gasteiger partial charge in [-0.25, -0.2) is 4.72 Å². The van der Waals surface area contributed by atoms with Crippen LogP contribution >= 0.6 is 0 Å². The Bertz CT molecular complexity index is 271. The van der Waals surface area contributed by atoms with Gasteiger partial charge in [0.25, 0.3) is 10.2 Å². The van der Waals surface area contributed by atoms with Crippen molar-refractivity contribution in [3.05, 3.63) is 0 Å². The standard InChI is InChI=1S/C7H15N3O2S/c11-13(12)9-4-5-10(13)6-7-2-1-3-8-7/h7-9H,1-6H2/t7-/m1/s1. The monoisotopic (exact) mass is 205 g/mol. The molecule has 0 radical (unpaired) electrons. The Hall–Kier alpha value is -0.170. The summed E-state index contributed by atoms with van der Waals surface area (Å²) in [5, 5.41) is 3.29. The molecule has 2 rings (SSSR count). The molecule has 0 bridgehead atoms. The molecule has 76 valence electrons. The van der Waals surface area contributed by atoms with Crippen molar-refractivity contribution in [2.24, 2.45) is 0 Å². The molecule has 0 aliphatic carbocycles. The summed E-state index contributed by atoms with van der Waals surface area (Å²) in [5.41, 5.74) is 0. The van der Waals surface area contributed by atoms with Crippen molar-refractivity contribution in [2.45, 2.75) is 18.9 Å². The summed E-state index contributed by atoms with van der Waals surface area (Å²) in [6, 6.07) is 0.356. The smallest absolute Gasteiger partial charge is 0.279 e. The van der Waals surface area contributed by atoms with E-state index in [9.17, 15) is 8.42 Å². The summed E-state index contributed by atoms with van der Waals surface area (Å²) in [6.45, 7) is 2.80. The van der Waals surface area contributed by atoms with E-state index in [1.54, 1.807) is 0 Å².